The Morgan fingerprint density at radius 2 is 2.00 bits per heavy atom. The lowest BCUT2D eigenvalue weighted by atomic mass is 10.0. The van der Waals surface area contributed by atoms with E-state index in [-0.39, 0.29) is 16.8 Å². The molecule has 0 aliphatic heterocycles. The van der Waals surface area contributed by atoms with E-state index in [1.54, 1.807) is 6.07 Å². The van der Waals surface area contributed by atoms with E-state index in [1.165, 1.54) is 24.6 Å². The Labute approximate surface area is 126 Å². The van der Waals surface area contributed by atoms with E-state index >= 15 is 0 Å². The predicted molar refractivity (Wildman–Crippen MR) is 81.3 cm³/mol. The van der Waals surface area contributed by atoms with Gasteiger partial charge in [0, 0.05) is 11.6 Å². The van der Waals surface area contributed by atoms with Crippen LogP contribution in [-0.4, -0.2) is 20.4 Å². The third-order valence-electron chi connectivity index (χ3n) is 4.02. The van der Waals surface area contributed by atoms with Crippen LogP contribution in [0.1, 0.15) is 49.4 Å². The fourth-order valence-electron chi connectivity index (χ4n) is 2.71. The van der Waals surface area contributed by atoms with Crippen molar-refractivity contribution in [1.82, 2.24) is 5.32 Å². The van der Waals surface area contributed by atoms with E-state index in [2.05, 4.69) is 12.2 Å². The zero-order valence-electron chi connectivity index (χ0n) is 12.2. The topological polar surface area (TPSA) is 89.3 Å². The van der Waals surface area contributed by atoms with Gasteiger partial charge in [-0.3, -0.25) is 4.79 Å². The molecule has 2 rings (SSSR count). The van der Waals surface area contributed by atoms with Gasteiger partial charge in [-0.1, -0.05) is 25.8 Å². The van der Waals surface area contributed by atoms with Crippen LogP contribution in [-0.2, 0) is 10.0 Å². The molecule has 0 radical (unpaired) electrons. The van der Waals surface area contributed by atoms with Crippen LogP contribution in [0.25, 0.3) is 0 Å². The molecular weight excluding hydrogens is 288 g/mol. The second kappa shape index (κ2) is 6.58. The molecule has 2 atom stereocenters. The third-order valence-corrected chi connectivity index (χ3v) is 4.93. The molecule has 0 saturated heterocycles. The summed E-state index contributed by atoms with van der Waals surface area (Å²) < 4.78 is 22.7. The molecule has 1 aliphatic rings. The maximum absolute atomic E-state index is 12.2. The smallest absolute Gasteiger partial charge is 0.251 e. The number of hydrogen-bond donors (Lipinski definition) is 2. The van der Waals surface area contributed by atoms with E-state index in [9.17, 15) is 13.2 Å². The number of nitrogens with two attached hydrogens (primary N) is 1. The van der Waals surface area contributed by atoms with Crippen molar-refractivity contribution in [3.8, 4) is 0 Å². The molecule has 0 aromatic heterocycles. The number of amides is 1. The summed E-state index contributed by atoms with van der Waals surface area (Å²) in [5, 5.41) is 8.09. The number of carbonyl (C=O) groups excluding carboxylic acids is 1. The van der Waals surface area contributed by atoms with Crippen LogP contribution in [0.5, 0.6) is 0 Å². The summed E-state index contributed by atoms with van der Waals surface area (Å²) in [4.78, 5) is 12.2. The fourth-order valence-corrected chi connectivity index (χ4v) is 3.27. The van der Waals surface area contributed by atoms with E-state index in [1.807, 2.05) is 0 Å². The second-order valence-corrected chi connectivity index (χ2v) is 7.42. The number of nitrogens with one attached hydrogen (secondary N) is 1. The van der Waals surface area contributed by atoms with Gasteiger partial charge in [0.05, 0.1) is 4.90 Å². The van der Waals surface area contributed by atoms with Gasteiger partial charge in [-0.2, -0.15) is 0 Å². The minimum atomic E-state index is -3.79. The molecule has 21 heavy (non-hydrogen) atoms. The highest BCUT2D eigenvalue weighted by Gasteiger charge is 2.19. The van der Waals surface area contributed by atoms with Crippen LogP contribution in [0.15, 0.2) is 29.2 Å². The van der Waals surface area contributed by atoms with Crippen molar-refractivity contribution in [2.45, 2.75) is 50.0 Å². The summed E-state index contributed by atoms with van der Waals surface area (Å²) >= 11 is 0. The lowest BCUT2D eigenvalue weighted by molar-refractivity contribution is 0.0933. The summed E-state index contributed by atoms with van der Waals surface area (Å²) in [6.45, 7) is 2.24. The number of rotatable bonds is 3. The van der Waals surface area contributed by atoms with E-state index < -0.39 is 10.0 Å². The van der Waals surface area contributed by atoms with Crippen LogP contribution in [0.4, 0.5) is 0 Å². The second-order valence-electron chi connectivity index (χ2n) is 5.86. The van der Waals surface area contributed by atoms with Gasteiger partial charge in [0.15, 0.2) is 0 Å². The van der Waals surface area contributed by atoms with Gasteiger partial charge in [-0.05, 0) is 43.4 Å². The molecule has 1 fully saturated rings. The lowest BCUT2D eigenvalue weighted by Gasteiger charge is -2.16. The fraction of sp³-hybridized carbons (Fsp3) is 0.533. The number of carbonyl (C=O) groups is 1. The zero-order valence-corrected chi connectivity index (χ0v) is 13.0. The Kier molecular flexibility index (Phi) is 5.00. The van der Waals surface area contributed by atoms with Gasteiger partial charge in [-0.15, -0.1) is 0 Å². The van der Waals surface area contributed by atoms with Crippen molar-refractivity contribution < 1.29 is 13.2 Å². The number of sulfonamides is 1. The molecule has 1 aliphatic carbocycles. The first-order chi connectivity index (χ1) is 9.86. The molecule has 1 aromatic carbocycles. The highest BCUT2D eigenvalue weighted by molar-refractivity contribution is 7.89. The standard InChI is InChI=1S/C15H22N2O3S/c1-11-4-2-6-13(9-8-11)17-15(18)12-5-3-7-14(10-12)21(16,19)20/h3,5,7,10-11,13H,2,4,6,8-9H2,1H3,(H,17,18)(H2,16,19,20). The SMILES string of the molecule is CC1CCCC(NC(=O)c2cccc(S(N)(=O)=O)c2)CC1. The maximum atomic E-state index is 12.2. The molecule has 0 bridgehead atoms. The molecule has 1 aromatic rings. The summed E-state index contributed by atoms with van der Waals surface area (Å²) in [6, 6.07) is 6.01. The van der Waals surface area contributed by atoms with Crippen molar-refractivity contribution in [2.24, 2.45) is 11.1 Å². The van der Waals surface area contributed by atoms with Crippen molar-refractivity contribution in [2.75, 3.05) is 0 Å². The molecule has 0 spiro atoms. The number of benzene rings is 1. The van der Waals surface area contributed by atoms with Crippen molar-refractivity contribution in [3.63, 3.8) is 0 Å². The normalized spacial score (nSPS) is 23.3. The highest BCUT2D eigenvalue weighted by Crippen LogP contribution is 2.23. The molecule has 5 nitrogen and oxygen atoms in total. The lowest BCUT2D eigenvalue weighted by Crippen LogP contribution is -2.34. The number of hydrogen-bond acceptors (Lipinski definition) is 3. The molecule has 2 unspecified atom stereocenters. The predicted octanol–water partition coefficient (Wildman–Crippen LogP) is 2.03. The molecule has 116 valence electrons. The zero-order chi connectivity index (χ0) is 15.5. The molecule has 1 amide bonds. The quantitative estimate of drug-likeness (QED) is 0.837. The van der Waals surface area contributed by atoms with E-state index in [0.29, 0.717) is 11.5 Å². The Morgan fingerprint density at radius 1 is 1.24 bits per heavy atom. The molecule has 6 heteroatoms. The largest absolute Gasteiger partial charge is 0.349 e. The summed E-state index contributed by atoms with van der Waals surface area (Å²) in [6.07, 6.45) is 5.38. The van der Waals surface area contributed by atoms with E-state index in [4.69, 9.17) is 5.14 Å². The minimum Gasteiger partial charge on any atom is -0.349 e. The summed E-state index contributed by atoms with van der Waals surface area (Å²) in [7, 11) is -3.79. The Balaban J connectivity index is 2.06. The Hall–Kier alpha value is -1.40. The van der Waals surface area contributed by atoms with Crippen LogP contribution in [0.2, 0.25) is 0 Å². The Bertz CT molecular complexity index is 613. The first-order valence-corrected chi connectivity index (χ1v) is 8.84. The third kappa shape index (κ3) is 4.54. The van der Waals surface area contributed by atoms with Crippen molar-refractivity contribution in [1.29, 1.82) is 0 Å². The van der Waals surface area contributed by atoms with Gasteiger partial charge in [0.25, 0.3) is 5.91 Å². The van der Waals surface area contributed by atoms with Crippen LogP contribution >= 0.6 is 0 Å². The van der Waals surface area contributed by atoms with Crippen molar-refractivity contribution >= 4 is 15.9 Å². The first-order valence-electron chi connectivity index (χ1n) is 7.30. The number of primary sulfonamides is 1. The first kappa shape index (κ1) is 16.0. The summed E-state index contributed by atoms with van der Waals surface area (Å²) in [5.41, 5.74) is 0.332. The van der Waals surface area contributed by atoms with Gasteiger partial charge in [-0.25, -0.2) is 13.6 Å². The maximum Gasteiger partial charge on any atom is 0.251 e. The molecule has 3 N–H and O–H groups in total. The highest BCUT2D eigenvalue weighted by atomic mass is 32.2. The summed E-state index contributed by atoms with van der Waals surface area (Å²) in [5.74, 6) is 0.470. The minimum absolute atomic E-state index is 0.0374. The van der Waals surface area contributed by atoms with Gasteiger partial charge < -0.3 is 5.32 Å². The van der Waals surface area contributed by atoms with Gasteiger partial charge >= 0.3 is 0 Å². The van der Waals surface area contributed by atoms with Crippen LogP contribution in [0.3, 0.4) is 0 Å². The van der Waals surface area contributed by atoms with Crippen molar-refractivity contribution in [3.05, 3.63) is 29.8 Å². The average molecular weight is 310 g/mol. The van der Waals surface area contributed by atoms with Crippen LogP contribution in [0, 0.1) is 5.92 Å². The molecule has 1 saturated carbocycles. The van der Waals surface area contributed by atoms with E-state index in [0.717, 1.165) is 25.7 Å². The van der Waals surface area contributed by atoms with Gasteiger partial charge in [0.1, 0.15) is 0 Å². The molecular formula is C15H22N2O3S. The monoisotopic (exact) mass is 310 g/mol. The average Bonchev–Trinajstić information content (AvgIpc) is 2.63. The van der Waals surface area contributed by atoms with Crippen LogP contribution < -0.4 is 10.5 Å². The van der Waals surface area contributed by atoms with Gasteiger partial charge in [0.2, 0.25) is 10.0 Å². The Morgan fingerprint density at radius 3 is 2.71 bits per heavy atom. The molecule has 0 heterocycles.